The zero-order valence-corrected chi connectivity index (χ0v) is 8.90. The molecule has 0 aromatic carbocycles. The highest BCUT2D eigenvalue weighted by Crippen LogP contribution is 2.36. The zero-order chi connectivity index (χ0) is 11.9. The second-order valence-corrected chi connectivity index (χ2v) is 4.62. The standard InChI is InChI=1S/C9H15NO5/c1-8(2,3)15-7(14)10-9(6(12)13)4-5(9)11/h5,11H,4H2,1-3H3,(H,10,14)(H,12,13). The van der Waals surface area contributed by atoms with Crippen molar-refractivity contribution in [2.45, 2.75) is 44.4 Å². The topological polar surface area (TPSA) is 95.9 Å². The number of aliphatic hydroxyl groups is 1. The molecule has 0 aromatic rings. The van der Waals surface area contributed by atoms with E-state index in [9.17, 15) is 9.59 Å². The molecule has 1 amide bonds. The van der Waals surface area contributed by atoms with Gasteiger partial charge in [0, 0.05) is 6.42 Å². The van der Waals surface area contributed by atoms with Crippen LogP contribution in [0.2, 0.25) is 0 Å². The fraction of sp³-hybridized carbons (Fsp3) is 0.778. The Labute approximate surface area is 87.2 Å². The molecule has 0 bridgehead atoms. The van der Waals surface area contributed by atoms with E-state index in [2.05, 4.69) is 5.32 Å². The molecule has 0 saturated heterocycles. The summed E-state index contributed by atoms with van der Waals surface area (Å²) < 4.78 is 4.89. The number of rotatable bonds is 2. The fourth-order valence-electron chi connectivity index (χ4n) is 1.15. The lowest BCUT2D eigenvalue weighted by Crippen LogP contribution is -2.47. The van der Waals surface area contributed by atoms with Crippen LogP contribution in [-0.4, -0.2) is 39.5 Å². The van der Waals surface area contributed by atoms with Gasteiger partial charge in [0.25, 0.3) is 0 Å². The molecule has 0 aliphatic heterocycles. The highest BCUT2D eigenvalue weighted by molar-refractivity contribution is 5.88. The van der Waals surface area contributed by atoms with Crippen molar-refractivity contribution in [2.24, 2.45) is 0 Å². The van der Waals surface area contributed by atoms with Crippen LogP contribution in [0, 0.1) is 0 Å². The molecule has 1 saturated carbocycles. The number of carboxylic acids is 1. The number of nitrogens with one attached hydrogen (secondary N) is 1. The Morgan fingerprint density at radius 1 is 1.47 bits per heavy atom. The first-order chi connectivity index (χ1) is 6.67. The van der Waals surface area contributed by atoms with Crippen LogP contribution in [-0.2, 0) is 9.53 Å². The van der Waals surface area contributed by atoms with Gasteiger partial charge in [0.2, 0.25) is 0 Å². The third kappa shape index (κ3) is 2.59. The van der Waals surface area contributed by atoms with E-state index < -0.39 is 29.3 Å². The van der Waals surface area contributed by atoms with Crippen molar-refractivity contribution in [3.8, 4) is 0 Å². The molecule has 2 unspecified atom stereocenters. The van der Waals surface area contributed by atoms with Crippen molar-refractivity contribution >= 4 is 12.1 Å². The van der Waals surface area contributed by atoms with E-state index in [1.165, 1.54) is 0 Å². The van der Waals surface area contributed by atoms with E-state index in [1.54, 1.807) is 20.8 Å². The van der Waals surface area contributed by atoms with Crippen molar-refractivity contribution in [3.05, 3.63) is 0 Å². The largest absolute Gasteiger partial charge is 0.479 e. The summed E-state index contributed by atoms with van der Waals surface area (Å²) >= 11 is 0. The Hall–Kier alpha value is -1.30. The third-order valence-corrected chi connectivity index (χ3v) is 2.03. The van der Waals surface area contributed by atoms with Crippen LogP contribution < -0.4 is 5.32 Å². The number of carbonyl (C=O) groups excluding carboxylic acids is 1. The van der Waals surface area contributed by atoms with Gasteiger partial charge in [-0.25, -0.2) is 9.59 Å². The van der Waals surface area contributed by atoms with Crippen LogP contribution in [0.4, 0.5) is 4.79 Å². The van der Waals surface area contributed by atoms with Crippen LogP contribution in [0.15, 0.2) is 0 Å². The first-order valence-corrected chi connectivity index (χ1v) is 4.60. The Bertz CT molecular complexity index is 295. The minimum Gasteiger partial charge on any atom is -0.479 e. The number of hydrogen-bond acceptors (Lipinski definition) is 4. The number of aliphatic hydroxyl groups excluding tert-OH is 1. The average molecular weight is 217 g/mol. The summed E-state index contributed by atoms with van der Waals surface area (Å²) in [6, 6.07) is 0. The molecular weight excluding hydrogens is 202 g/mol. The zero-order valence-electron chi connectivity index (χ0n) is 8.90. The van der Waals surface area contributed by atoms with Gasteiger partial charge in [-0.3, -0.25) is 0 Å². The van der Waals surface area contributed by atoms with Crippen LogP contribution in [0.5, 0.6) is 0 Å². The molecule has 1 aliphatic carbocycles. The van der Waals surface area contributed by atoms with Gasteiger partial charge >= 0.3 is 12.1 Å². The lowest BCUT2D eigenvalue weighted by atomic mass is 10.2. The molecule has 1 aliphatic rings. The quantitative estimate of drug-likeness (QED) is 0.609. The molecule has 6 nitrogen and oxygen atoms in total. The van der Waals surface area contributed by atoms with Gasteiger partial charge < -0.3 is 20.3 Å². The number of alkyl carbamates (subject to hydrolysis) is 1. The Morgan fingerprint density at radius 3 is 2.20 bits per heavy atom. The molecule has 1 rings (SSSR count). The molecule has 0 radical (unpaired) electrons. The van der Waals surface area contributed by atoms with Gasteiger partial charge in [0.1, 0.15) is 5.60 Å². The predicted molar refractivity (Wildman–Crippen MR) is 50.4 cm³/mol. The average Bonchev–Trinajstić information content (AvgIpc) is 2.57. The minimum atomic E-state index is -1.55. The molecule has 2 atom stereocenters. The minimum absolute atomic E-state index is 0.0155. The maximum absolute atomic E-state index is 11.3. The van der Waals surface area contributed by atoms with Gasteiger partial charge in [-0.1, -0.05) is 0 Å². The number of amides is 1. The first kappa shape index (κ1) is 11.8. The van der Waals surface area contributed by atoms with E-state index in [-0.39, 0.29) is 6.42 Å². The Kier molecular flexibility index (Phi) is 2.65. The lowest BCUT2D eigenvalue weighted by Gasteiger charge is -2.21. The van der Waals surface area contributed by atoms with Crippen molar-refractivity contribution < 1.29 is 24.5 Å². The number of carboxylic acid groups (broad SMARTS) is 1. The second-order valence-electron chi connectivity index (χ2n) is 4.62. The first-order valence-electron chi connectivity index (χ1n) is 4.60. The Morgan fingerprint density at radius 2 is 1.93 bits per heavy atom. The molecule has 1 fully saturated rings. The van der Waals surface area contributed by atoms with E-state index in [1.807, 2.05) is 0 Å². The molecule has 0 aromatic heterocycles. The highest BCUT2D eigenvalue weighted by atomic mass is 16.6. The highest BCUT2D eigenvalue weighted by Gasteiger charge is 2.62. The summed E-state index contributed by atoms with van der Waals surface area (Å²) in [4.78, 5) is 22.0. The van der Waals surface area contributed by atoms with Gasteiger partial charge in [-0.05, 0) is 20.8 Å². The van der Waals surface area contributed by atoms with Crippen LogP contribution in [0.3, 0.4) is 0 Å². The summed E-state index contributed by atoms with van der Waals surface area (Å²) in [5.74, 6) is -1.25. The van der Waals surface area contributed by atoms with E-state index in [0.717, 1.165) is 0 Å². The maximum Gasteiger partial charge on any atom is 0.408 e. The molecule has 86 valence electrons. The van der Waals surface area contributed by atoms with Crippen LogP contribution in [0.1, 0.15) is 27.2 Å². The van der Waals surface area contributed by atoms with Gasteiger partial charge in [-0.2, -0.15) is 0 Å². The predicted octanol–water partition coefficient (Wildman–Crippen LogP) is 0.0991. The number of ether oxygens (including phenoxy) is 1. The lowest BCUT2D eigenvalue weighted by molar-refractivity contribution is -0.141. The molecule has 15 heavy (non-hydrogen) atoms. The van der Waals surface area contributed by atoms with E-state index in [4.69, 9.17) is 14.9 Å². The van der Waals surface area contributed by atoms with Crippen molar-refractivity contribution in [2.75, 3.05) is 0 Å². The monoisotopic (exact) mass is 217 g/mol. The third-order valence-electron chi connectivity index (χ3n) is 2.03. The van der Waals surface area contributed by atoms with Gasteiger partial charge in [0.15, 0.2) is 5.54 Å². The molecule has 0 spiro atoms. The summed E-state index contributed by atoms with van der Waals surface area (Å²) in [7, 11) is 0. The van der Waals surface area contributed by atoms with E-state index >= 15 is 0 Å². The van der Waals surface area contributed by atoms with Crippen molar-refractivity contribution in [1.82, 2.24) is 5.32 Å². The molecular formula is C9H15NO5. The summed E-state index contributed by atoms with van der Waals surface area (Å²) in [6.45, 7) is 5.01. The van der Waals surface area contributed by atoms with Crippen molar-refractivity contribution in [3.63, 3.8) is 0 Å². The maximum atomic E-state index is 11.3. The summed E-state index contributed by atoms with van der Waals surface area (Å²) in [5.41, 5.74) is -2.24. The molecule has 0 heterocycles. The molecule has 6 heteroatoms. The SMILES string of the molecule is CC(C)(C)OC(=O)NC1(C(=O)O)CC1O. The van der Waals surface area contributed by atoms with Gasteiger partial charge in [0.05, 0.1) is 6.10 Å². The number of hydrogen-bond donors (Lipinski definition) is 3. The normalized spacial score (nSPS) is 29.5. The van der Waals surface area contributed by atoms with Crippen LogP contribution >= 0.6 is 0 Å². The van der Waals surface area contributed by atoms with Gasteiger partial charge in [-0.15, -0.1) is 0 Å². The number of aliphatic carboxylic acids is 1. The Balaban J connectivity index is 2.56. The fourth-order valence-corrected chi connectivity index (χ4v) is 1.15. The molecule has 3 N–H and O–H groups in total. The number of carbonyl (C=O) groups is 2. The van der Waals surface area contributed by atoms with E-state index in [0.29, 0.717) is 0 Å². The second kappa shape index (κ2) is 3.37. The smallest absolute Gasteiger partial charge is 0.408 e. The van der Waals surface area contributed by atoms with Crippen molar-refractivity contribution in [1.29, 1.82) is 0 Å². The van der Waals surface area contributed by atoms with Crippen LogP contribution in [0.25, 0.3) is 0 Å². The summed E-state index contributed by atoms with van der Waals surface area (Å²) in [6.07, 6.45) is -1.86. The summed E-state index contributed by atoms with van der Waals surface area (Å²) in [5, 5.41) is 20.1.